The topological polar surface area (TPSA) is 63.3 Å². The Hall–Kier alpha value is -1.72. The Bertz CT molecular complexity index is 717. The van der Waals surface area contributed by atoms with E-state index in [4.69, 9.17) is 17.3 Å². The largest absolute Gasteiger partial charge is 0.379 e. The number of nitrogens with zero attached hydrogens (tertiary/aromatic N) is 2. The highest BCUT2D eigenvalue weighted by molar-refractivity contribution is 8.13. The Balaban J connectivity index is 1.75. The second-order valence-electron chi connectivity index (χ2n) is 5.74. The lowest BCUT2D eigenvalue weighted by Gasteiger charge is -2.30. The molecule has 0 aliphatic carbocycles. The summed E-state index contributed by atoms with van der Waals surface area (Å²) in [6.07, 6.45) is 2.63. The summed E-state index contributed by atoms with van der Waals surface area (Å²) in [6.45, 7) is 2.85. The van der Waals surface area contributed by atoms with Gasteiger partial charge in [0.1, 0.15) is 5.82 Å². The predicted molar refractivity (Wildman–Crippen MR) is 99.1 cm³/mol. The molecule has 1 unspecified atom stereocenters. The second-order valence-corrected chi connectivity index (χ2v) is 7.29. The van der Waals surface area contributed by atoms with Crippen molar-refractivity contribution in [1.29, 1.82) is 0 Å². The van der Waals surface area contributed by atoms with Crippen molar-refractivity contribution in [3.05, 3.63) is 58.7 Å². The van der Waals surface area contributed by atoms with Crippen LogP contribution in [0.4, 0.5) is 5.82 Å². The zero-order chi connectivity index (χ0) is 16.3. The number of amidine groups is 1. The molecule has 0 radical (unpaired) electrons. The van der Waals surface area contributed by atoms with Crippen molar-refractivity contribution in [2.75, 3.05) is 11.1 Å². The second kappa shape index (κ2) is 6.81. The van der Waals surface area contributed by atoms with E-state index < -0.39 is 0 Å². The number of pyridine rings is 1. The molecule has 3 rings (SSSR count). The normalized spacial score (nSPS) is 20.9. The molecule has 4 nitrogen and oxygen atoms in total. The van der Waals surface area contributed by atoms with Crippen LogP contribution < -0.4 is 11.1 Å². The molecule has 0 bridgehead atoms. The number of hydrogen-bond donors (Lipinski definition) is 2. The molecule has 0 spiro atoms. The third-order valence-corrected chi connectivity index (χ3v) is 4.96. The van der Waals surface area contributed by atoms with Gasteiger partial charge in [-0.05, 0) is 36.6 Å². The van der Waals surface area contributed by atoms with E-state index >= 15 is 0 Å². The van der Waals surface area contributed by atoms with Gasteiger partial charge in [0.05, 0.1) is 10.6 Å². The minimum atomic E-state index is -0.232. The zero-order valence-corrected chi connectivity index (χ0v) is 14.5. The molecule has 1 aromatic heterocycles. The fourth-order valence-corrected chi connectivity index (χ4v) is 3.67. The van der Waals surface area contributed by atoms with Gasteiger partial charge < -0.3 is 11.1 Å². The lowest BCUT2D eigenvalue weighted by Crippen LogP contribution is -2.28. The molecule has 1 aliphatic rings. The summed E-state index contributed by atoms with van der Waals surface area (Å²) in [4.78, 5) is 8.91. The van der Waals surface area contributed by atoms with Crippen molar-refractivity contribution in [1.82, 2.24) is 4.98 Å². The summed E-state index contributed by atoms with van der Waals surface area (Å²) in [5.74, 6) is 1.81. The number of hydrogen-bond acceptors (Lipinski definition) is 5. The molecular weight excluding hydrogens is 328 g/mol. The molecule has 1 aliphatic heterocycles. The van der Waals surface area contributed by atoms with E-state index in [1.807, 2.05) is 12.1 Å². The van der Waals surface area contributed by atoms with Crippen LogP contribution in [0.2, 0.25) is 5.02 Å². The number of anilines is 1. The van der Waals surface area contributed by atoms with Crippen molar-refractivity contribution in [3.8, 4) is 0 Å². The van der Waals surface area contributed by atoms with Gasteiger partial charge in [-0.25, -0.2) is 4.98 Å². The summed E-state index contributed by atoms with van der Waals surface area (Å²) in [6, 6.07) is 12.2. The first-order valence-corrected chi connectivity index (χ1v) is 8.84. The first kappa shape index (κ1) is 16.1. The SMILES string of the molecule is CC1(c2cccc(CNc3ccc(Cl)cn3)c2)CCSC(N)=N1. The zero-order valence-electron chi connectivity index (χ0n) is 12.9. The molecule has 0 fully saturated rings. The van der Waals surface area contributed by atoms with Crippen molar-refractivity contribution < 1.29 is 0 Å². The number of aliphatic imine (C=N–C) groups is 1. The van der Waals surface area contributed by atoms with Gasteiger partial charge in [0, 0.05) is 18.5 Å². The summed E-state index contributed by atoms with van der Waals surface area (Å²) in [5, 5.41) is 4.61. The van der Waals surface area contributed by atoms with Crippen molar-refractivity contribution in [3.63, 3.8) is 0 Å². The van der Waals surface area contributed by atoms with Crippen LogP contribution in [0.25, 0.3) is 0 Å². The van der Waals surface area contributed by atoms with E-state index in [0.29, 0.717) is 16.7 Å². The highest BCUT2D eigenvalue weighted by Crippen LogP contribution is 2.35. The van der Waals surface area contributed by atoms with Gasteiger partial charge in [-0.3, -0.25) is 4.99 Å². The number of nitrogens with two attached hydrogens (primary N) is 1. The Kier molecular flexibility index (Phi) is 4.78. The number of aromatic nitrogens is 1. The van der Waals surface area contributed by atoms with Crippen molar-refractivity contribution in [2.24, 2.45) is 10.7 Å². The van der Waals surface area contributed by atoms with Gasteiger partial charge in [0.2, 0.25) is 0 Å². The van der Waals surface area contributed by atoms with Crippen LogP contribution in [-0.2, 0) is 12.1 Å². The minimum Gasteiger partial charge on any atom is -0.379 e. The van der Waals surface area contributed by atoms with Crippen LogP contribution in [0.1, 0.15) is 24.5 Å². The number of rotatable bonds is 4. The summed E-state index contributed by atoms with van der Waals surface area (Å²) >= 11 is 7.47. The maximum absolute atomic E-state index is 5.91. The van der Waals surface area contributed by atoms with Gasteiger partial charge in [-0.2, -0.15) is 0 Å². The van der Waals surface area contributed by atoms with Gasteiger partial charge in [-0.1, -0.05) is 47.6 Å². The highest BCUT2D eigenvalue weighted by atomic mass is 35.5. The van der Waals surface area contributed by atoms with Gasteiger partial charge in [-0.15, -0.1) is 0 Å². The van der Waals surface area contributed by atoms with Crippen molar-refractivity contribution in [2.45, 2.75) is 25.4 Å². The Labute approximate surface area is 145 Å². The van der Waals surface area contributed by atoms with E-state index in [1.54, 1.807) is 18.0 Å². The molecule has 0 amide bonds. The smallest absolute Gasteiger partial charge is 0.154 e. The van der Waals surface area contributed by atoms with Crippen LogP contribution in [0.15, 0.2) is 47.6 Å². The standard InChI is InChI=1S/C17H19ClN4S/c1-17(7-8-23-16(19)22-17)13-4-2-3-12(9-13)10-20-15-6-5-14(18)11-21-15/h2-6,9,11H,7-8,10H2,1H3,(H2,19,22)(H,20,21). The number of benzene rings is 1. The van der Waals surface area contributed by atoms with Crippen LogP contribution in [0.5, 0.6) is 0 Å². The fourth-order valence-electron chi connectivity index (χ4n) is 2.58. The molecule has 23 heavy (non-hydrogen) atoms. The molecule has 6 heteroatoms. The molecular formula is C17H19ClN4S. The predicted octanol–water partition coefficient (Wildman–Crippen LogP) is 4.01. The van der Waals surface area contributed by atoms with Crippen LogP contribution in [0, 0.1) is 0 Å². The summed E-state index contributed by atoms with van der Waals surface area (Å²) in [5.41, 5.74) is 8.07. The number of nitrogens with one attached hydrogen (secondary N) is 1. The lowest BCUT2D eigenvalue weighted by molar-refractivity contribution is 0.481. The number of thioether (sulfide) groups is 1. The Morgan fingerprint density at radius 3 is 2.96 bits per heavy atom. The fraction of sp³-hybridized carbons (Fsp3) is 0.294. The minimum absolute atomic E-state index is 0.232. The van der Waals surface area contributed by atoms with Crippen LogP contribution in [0.3, 0.4) is 0 Å². The van der Waals surface area contributed by atoms with E-state index in [9.17, 15) is 0 Å². The molecule has 0 saturated carbocycles. The molecule has 2 aromatic rings. The van der Waals surface area contributed by atoms with Crippen molar-refractivity contribution >= 4 is 34.3 Å². The van der Waals surface area contributed by atoms with Crippen LogP contribution >= 0.6 is 23.4 Å². The maximum Gasteiger partial charge on any atom is 0.154 e. The third-order valence-electron chi connectivity index (χ3n) is 3.95. The highest BCUT2D eigenvalue weighted by Gasteiger charge is 2.29. The third kappa shape index (κ3) is 3.98. The summed E-state index contributed by atoms with van der Waals surface area (Å²) in [7, 11) is 0. The molecule has 2 heterocycles. The Morgan fingerprint density at radius 1 is 1.35 bits per heavy atom. The quantitative estimate of drug-likeness (QED) is 0.877. The van der Waals surface area contributed by atoms with Gasteiger partial charge in [0.25, 0.3) is 0 Å². The van der Waals surface area contributed by atoms with E-state index in [1.165, 1.54) is 11.1 Å². The molecule has 120 valence electrons. The molecule has 1 aromatic carbocycles. The first-order chi connectivity index (χ1) is 11.0. The number of halogens is 1. The first-order valence-electron chi connectivity index (χ1n) is 7.48. The van der Waals surface area contributed by atoms with E-state index in [-0.39, 0.29) is 5.54 Å². The summed E-state index contributed by atoms with van der Waals surface area (Å²) < 4.78 is 0. The van der Waals surface area contributed by atoms with Gasteiger partial charge in [0.15, 0.2) is 5.17 Å². The molecule has 0 saturated heterocycles. The van der Waals surface area contributed by atoms with E-state index in [0.717, 1.165) is 18.0 Å². The lowest BCUT2D eigenvalue weighted by atomic mass is 9.89. The van der Waals surface area contributed by atoms with E-state index in [2.05, 4.69) is 46.5 Å². The molecule has 3 N–H and O–H groups in total. The van der Waals surface area contributed by atoms with Gasteiger partial charge >= 0.3 is 0 Å². The van der Waals surface area contributed by atoms with Crippen LogP contribution in [-0.4, -0.2) is 15.9 Å². The Morgan fingerprint density at radius 2 is 2.22 bits per heavy atom. The average molecular weight is 347 g/mol. The average Bonchev–Trinajstić information content (AvgIpc) is 2.54. The molecule has 1 atom stereocenters. The maximum atomic E-state index is 5.91. The monoisotopic (exact) mass is 346 g/mol.